The van der Waals surface area contributed by atoms with Gasteiger partial charge in [0.2, 0.25) is 0 Å². The molecular weight excluding hydrogens is 236 g/mol. The number of fused-ring (bicyclic) bond motifs is 1. The van der Waals surface area contributed by atoms with Crippen molar-refractivity contribution in [1.82, 2.24) is 10.3 Å². The van der Waals surface area contributed by atoms with E-state index in [1.807, 2.05) is 30.3 Å². The van der Waals surface area contributed by atoms with Crippen molar-refractivity contribution in [3.05, 3.63) is 42.1 Å². The molecule has 0 radical (unpaired) electrons. The second-order valence-electron chi connectivity index (χ2n) is 5.24. The molecule has 1 atom stereocenters. The van der Waals surface area contributed by atoms with E-state index in [1.165, 1.54) is 6.42 Å². The Balaban J connectivity index is 1.70. The first-order chi connectivity index (χ1) is 9.33. The van der Waals surface area contributed by atoms with Crippen LogP contribution in [0.25, 0.3) is 10.9 Å². The molecule has 1 unspecified atom stereocenters. The minimum Gasteiger partial charge on any atom is -0.316 e. The van der Waals surface area contributed by atoms with Crippen molar-refractivity contribution < 1.29 is 4.79 Å². The van der Waals surface area contributed by atoms with Crippen LogP contribution in [0.5, 0.6) is 0 Å². The lowest BCUT2D eigenvalue weighted by molar-refractivity contribution is 0.0974. The van der Waals surface area contributed by atoms with Gasteiger partial charge >= 0.3 is 0 Å². The summed E-state index contributed by atoms with van der Waals surface area (Å²) in [4.78, 5) is 16.5. The van der Waals surface area contributed by atoms with Gasteiger partial charge in [-0.15, -0.1) is 0 Å². The summed E-state index contributed by atoms with van der Waals surface area (Å²) in [5, 5.41) is 4.37. The normalized spacial score (nSPS) is 18.8. The van der Waals surface area contributed by atoms with Crippen molar-refractivity contribution >= 4 is 16.7 Å². The minimum absolute atomic E-state index is 0.213. The van der Waals surface area contributed by atoms with Crippen molar-refractivity contribution in [3.63, 3.8) is 0 Å². The predicted molar refractivity (Wildman–Crippen MR) is 76.3 cm³/mol. The zero-order valence-corrected chi connectivity index (χ0v) is 10.9. The van der Waals surface area contributed by atoms with Crippen LogP contribution in [-0.4, -0.2) is 23.9 Å². The largest absolute Gasteiger partial charge is 0.316 e. The van der Waals surface area contributed by atoms with E-state index < -0.39 is 0 Å². The number of nitrogens with one attached hydrogen (secondary N) is 1. The predicted octanol–water partition coefficient (Wildman–Crippen LogP) is 2.81. The molecule has 1 aliphatic heterocycles. The summed E-state index contributed by atoms with van der Waals surface area (Å²) in [6, 6.07) is 9.86. The molecule has 1 saturated heterocycles. The van der Waals surface area contributed by atoms with Gasteiger partial charge in [0.05, 0.1) is 5.52 Å². The second-order valence-corrected chi connectivity index (χ2v) is 5.24. The topological polar surface area (TPSA) is 42.0 Å². The fourth-order valence-electron chi connectivity index (χ4n) is 2.66. The number of hydrogen-bond donors (Lipinski definition) is 1. The van der Waals surface area contributed by atoms with Crippen molar-refractivity contribution in [2.75, 3.05) is 13.1 Å². The van der Waals surface area contributed by atoms with Gasteiger partial charge in [-0.3, -0.25) is 9.78 Å². The molecule has 1 aromatic carbocycles. The summed E-state index contributed by atoms with van der Waals surface area (Å²) in [6.45, 7) is 2.15. The lowest BCUT2D eigenvalue weighted by Crippen LogP contribution is -2.10. The Labute approximate surface area is 113 Å². The number of nitrogens with zero attached hydrogens (tertiary/aromatic N) is 1. The molecule has 19 heavy (non-hydrogen) atoms. The SMILES string of the molecule is O=C(CCC1CCNC1)c1cnc2ccccc2c1. The summed E-state index contributed by atoms with van der Waals surface area (Å²) < 4.78 is 0. The van der Waals surface area contributed by atoms with Gasteiger partial charge in [-0.05, 0) is 44.0 Å². The number of Topliss-reactive ketones (excluding diaryl/α,β-unsaturated/α-hetero) is 1. The van der Waals surface area contributed by atoms with Gasteiger partial charge in [0, 0.05) is 23.6 Å². The average molecular weight is 254 g/mol. The first-order valence-corrected chi connectivity index (χ1v) is 6.91. The van der Waals surface area contributed by atoms with E-state index in [9.17, 15) is 4.79 Å². The number of ketones is 1. The summed E-state index contributed by atoms with van der Waals surface area (Å²) >= 11 is 0. The standard InChI is InChI=1S/C16H18N2O/c19-16(6-5-12-7-8-17-10-12)14-9-13-3-1-2-4-15(13)18-11-14/h1-4,9,11-12,17H,5-8,10H2. The maximum atomic E-state index is 12.2. The highest BCUT2D eigenvalue weighted by Gasteiger charge is 2.16. The van der Waals surface area contributed by atoms with E-state index in [0.717, 1.165) is 36.0 Å². The van der Waals surface area contributed by atoms with Gasteiger partial charge in [-0.1, -0.05) is 18.2 Å². The molecule has 0 bridgehead atoms. The zero-order valence-electron chi connectivity index (χ0n) is 10.9. The van der Waals surface area contributed by atoms with Crippen molar-refractivity contribution in [2.45, 2.75) is 19.3 Å². The summed E-state index contributed by atoms with van der Waals surface area (Å²) in [5.74, 6) is 0.877. The Hall–Kier alpha value is -1.74. The van der Waals surface area contributed by atoms with Crippen LogP contribution in [0.1, 0.15) is 29.6 Å². The number of aromatic nitrogens is 1. The maximum Gasteiger partial charge on any atom is 0.164 e. The van der Waals surface area contributed by atoms with Gasteiger partial charge in [-0.25, -0.2) is 0 Å². The summed E-state index contributed by atoms with van der Waals surface area (Å²) in [5.41, 5.74) is 1.68. The smallest absolute Gasteiger partial charge is 0.164 e. The molecule has 2 aromatic rings. The molecular formula is C16H18N2O. The van der Waals surface area contributed by atoms with Gasteiger partial charge in [0.1, 0.15) is 0 Å². The van der Waals surface area contributed by atoms with E-state index in [-0.39, 0.29) is 5.78 Å². The Morgan fingerprint density at radius 2 is 2.26 bits per heavy atom. The van der Waals surface area contributed by atoms with Crippen LogP contribution in [-0.2, 0) is 0 Å². The minimum atomic E-state index is 0.213. The molecule has 0 amide bonds. The molecule has 1 aliphatic rings. The number of benzene rings is 1. The van der Waals surface area contributed by atoms with E-state index in [1.54, 1.807) is 6.20 Å². The number of carbonyl (C=O) groups is 1. The molecule has 1 aromatic heterocycles. The molecule has 1 fully saturated rings. The highest BCUT2D eigenvalue weighted by Crippen LogP contribution is 2.18. The lowest BCUT2D eigenvalue weighted by atomic mass is 9.98. The van der Waals surface area contributed by atoms with Crippen molar-refractivity contribution in [2.24, 2.45) is 5.92 Å². The maximum absolute atomic E-state index is 12.2. The number of hydrogen-bond acceptors (Lipinski definition) is 3. The molecule has 3 nitrogen and oxygen atoms in total. The van der Waals surface area contributed by atoms with Gasteiger partial charge < -0.3 is 5.32 Å². The third-order valence-electron chi connectivity index (χ3n) is 3.85. The molecule has 2 heterocycles. The number of carbonyl (C=O) groups excluding carboxylic acids is 1. The van der Waals surface area contributed by atoms with Crippen LogP contribution < -0.4 is 5.32 Å². The van der Waals surface area contributed by atoms with E-state index in [0.29, 0.717) is 12.3 Å². The monoisotopic (exact) mass is 254 g/mol. The Bertz CT molecular complexity index is 588. The molecule has 3 heteroatoms. The first kappa shape index (κ1) is 12.3. The van der Waals surface area contributed by atoms with E-state index in [2.05, 4.69) is 10.3 Å². The Morgan fingerprint density at radius 3 is 3.11 bits per heavy atom. The number of pyridine rings is 1. The van der Waals surface area contributed by atoms with E-state index >= 15 is 0 Å². The quantitative estimate of drug-likeness (QED) is 0.853. The van der Waals surface area contributed by atoms with E-state index in [4.69, 9.17) is 0 Å². The van der Waals surface area contributed by atoms with Crippen molar-refractivity contribution in [3.8, 4) is 0 Å². The van der Waals surface area contributed by atoms with Crippen LogP contribution in [0.2, 0.25) is 0 Å². The molecule has 0 saturated carbocycles. The van der Waals surface area contributed by atoms with Crippen LogP contribution in [0.4, 0.5) is 0 Å². The van der Waals surface area contributed by atoms with Crippen molar-refractivity contribution in [1.29, 1.82) is 0 Å². The zero-order chi connectivity index (χ0) is 13.1. The average Bonchev–Trinajstić information content (AvgIpc) is 2.97. The highest BCUT2D eigenvalue weighted by molar-refractivity contribution is 5.98. The molecule has 0 aliphatic carbocycles. The molecule has 98 valence electrons. The first-order valence-electron chi connectivity index (χ1n) is 6.91. The van der Waals surface area contributed by atoms with Gasteiger partial charge in [0.25, 0.3) is 0 Å². The number of rotatable bonds is 4. The molecule has 0 spiro atoms. The molecule has 1 N–H and O–H groups in total. The Kier molecular flexibility index (Phi) is 3.56. The Morgan fingerprint density at radius 1 is 1.37 bits per heavy atom. The second kappa shape index (κ2) is 5.49. The van der Waals surface area contributed by atoms with Crippen LogP contribution in [0.3, 0.4) is 0 Å². The summed E-state index contributed by atoms with van der Waals surface area (Å²) in [6.07, 6.45) is 4.52. The number of para-hydroxylation sites is 1. The van der Waals surface area contributed by atoms with Crippen LogP contribution in [0.15, 0.2) is 36.5 Å². The fraction of sp³-hybridized carbons (Fsp3) is 0.375. The van der Waals surface area contributed by atoms with Crippen LogP contribution >= 0.6 is 0 Å². The van der Waals surface area contributed by atoms with Gasteiger partial charge in [0.15, 0.2) is 5.78 Å². The highest BCUT2D eigenvalue weighted by atomic mass is 16.1. The lowest BCUT2D eigenvalue weighted by Gasteiger charge is -2.07. The fourth-order valence-corrected chi connectivity index (χ4v) is 2.66. The summed E-state index contributed by atoms with van der Waals surface area (Å²) in [7, 11) is 0. The van der Waals surface area contributed by atoms with Gasteiger partial charge in [-0.2, -0.15) is 0 Å². The molecule has 3 rings (SSSR count). The third kappa shape index (κ3) is 2.82. The third-order valence-corrected chi connectivity index (χ3v) is 3.85. The van der Waals surface area contributed by atoms with Crippen LogP contribution in [0, 0.1) is 5.92 Å².